The van der Waals surface area contributed by atoms with Crippen LogP contribution in [0.4, 0.5) is 24.9 Å². The van der Waals surface area contributed by atoms with E-state index < -0.39 is 11.9 Å². The normalized spacial score (nSPS) is 11.5. The van der Waals surface area contributed by atoms with Gasteiger partial charge in [0.15, 0.2) is 5.69 Å². The molecular weight excluding hydrogens is 347 g/mol. The van der Waals surface area contributed by atoms with Gasteiger partial charge in [-0.05, 0) is 20.2 Å². The van der Waals surface area contributed by atoms with E-state index >= 15 is 0 Å². The Balaban J connectivity index is 2.17. The fourth-order valence-corrected chi connectivity index (χ4v) is 2.19. The molecule has 0 unspecified atom stereocenters. The maximum absolute atomic E-state index is 13.1. The Hall–Kier alpha value is -2.55. The Bertz CT molecular complexity index is 722. The SMILES string of the molecule is COc1ccccc1CNc1cc(C(F)(F)F)nc(NCCN(C)C)n1. The Morgan fingerprint density at radius 1 is 1.12 bits per heavy atom. The zero-order valence-corrected chi connectivity index (χ0v) is 14.9. The summed E-state index contributed by atoms with van der Waals surface area (Å²) >= 11 is 0. The minimum Gasteiger partial charge on any atom is -0.496 e. The van der Waals surface area contributed by atoms with Crippen LogP contribution in [0, 0.1) is 0 Å². The van der Waals surface area contributed by atoms with E-state index in [0.29, 0.717) is 18.8 Å². The van der Waals surface area contributed by atoms with Crippen LogP contribution in [0.5, 0.6) is 5.75 Å². The molecule has 142 valence electrons. The van der Waals surface area contributed by atoms with Crippen molar-refractivity contribution in [3.8, 4) is 5.75 Å². The molecule has 6 nitrogen and oxygen atoms in total. The van der Waals surface area contributed by atoms with Crippen molar-refractivity contribution in [2.24, 2.45) is 0 Å². The summed E-state index contributed by atoms with van der Waals surface area (Å²) < 4.78 is 44.6. The number of nitrogens with one attached hydrogen (secondary N) is 2. The van der Waals surface area contributed by atoms with Gasteiger partial charge in [-0.15, -0.1) is 0 Å². The molecule has 0 spiro atoms. The maximum Gasteiger partial charge on any atom is 0.433 e. The van der Waals surface area contributed by atoms with E-state index in [1.165, 1.54) is 7.11 Å². The Morgan fingerprint density at radius 2 is 1.85 bits per heavy atom. The molecule has 2 rings (SSSR count). The number of aromatic nitrogens is 2. The summed E-state index contributed by atoms with van der Waals surface area (Å²) in [6.07, 6.45) is -4.55. The Kier molecular flexibility index (Phi) is 6.62. The van der Waals surface area contributed by atoms with Gasteiger partial charge in [0.2, 0.25) is 5.95 Å². The minimum absolute atomic E-state index is 0.0656. The van der Waals surface area contributed by atoms with Crippen LogP contribution in [0.1, 0.15) is 11.3 Å². The number of rotatable bonds is 8. The summed E-state index contributed by atoms with van der Waals surface area (Å²) in [7, 11) is 5.28. The van der Waals surface area contributed by atoms with Crippen LogP contribution in [0.2, 0.25) is 0 Å². The van der Waals surface area contributed by atoms with Crippen LogP contribution in [0.3, 0.4) is 0 Å². The molecule has 0 saturated heterocycles. The third-order valence-electron chi connectivity index (χ3n) is 3.51. The van der Waals surface area contributed by atoms with Crippen LogP contribution in [0.15, 0.2) is 30.3 Å². The second-order valence-electron chi connectivity index (χ2n) is 5.86. The van der Waals surface area contributed by atoms with Crippen molar-refractivity contribution < 1.29 is 17.9 Å². The zero-order chi connectivity index (χ0) is 19.2. The van der Waals surface area contributed by atoms with Gasteiger partial charge in [-0.2, -0.15) is 18.2 Å². The second-order valence-corrected chi connectivity index (χ2v) is 5.86. The van der Waals surface area contributed by atoms with Crippen molar-refractivity contribution >= 4 is 11.8 Å². The van der Waals surface area contributed by atoms with Crippen molar-refractivity contribution in [3.05, 3.63) is 41.6 Å². The third-order valence-corrected chi connectivity index (χ3v) is 3.51. The molecule has 0 aliphatic heterocycles. The number of hydrogen-bond donors (Lipinski definition) is 2. The van der Waals surface area contributed by atoms with Crippen molar-refractivity contribution in [2.75, 3.05) is 44.9 Å². The number of methoxy groups -OCH3 is 1. The van der Waals surface area contributed by atoms with Gasteiger partial charge in [0, 0.05) is 31.3 Å². The summed E-state index contributed by atoms with van der Waals surface area (Å²) in [4.78, 5) is 9.59. The summed E-state index contributed by atoms with van der Waals surface area (Å²) in [5.74, 6) is 0.671. The molecule has 1 aromatic carbocycles. The summed E-state index contributed by atoms with van der Waals surface area (Å²) in [5.41, 5.74) is -0.188. The first-order valence-electron chi connectivity index (χ1n) is 8.00. The first-order chi connectivity index (χ1) is 12.3. The predicted octanol–water partition coefficient (Wildman–Crippen LogP) is 3.09. The molecular formula is C17H22F3N5O. The molecule has 0 saturated carbocycles. The van der Waals surface area contributed by atoms with E-state index in [0.717, 1.165) is 11.6 Å². The molecule has 1 aromatic heterocycles. The highest BCUT2D eigenvalue weighted by atomic mass is 19.4. The van der Waals surface area contributed by atoms with Crippen LogP contribution in [-0.2, 0) is 12.7 Å². The monoisotopic (exact) mass is 369 g/mol. The van der Waals surface area contributed by atoms with Crippen molar-refractivity contribution in [1.82, 2.24) is 14.9 Å². The van der Waals surface area contributed by atoms with E-state index in [2.05, 4.69) is 20.6 Å². The zero-order valence-electron chi connectivity index (χ0n) is 14.9. The molecule has 0 amide bonds. The molecule has 0 radical (unpaired) electrons. The lowest BCUT2D eigenvalue weighted by atomic mass is 10.2. The van der Waals surface area contributed by atoms with Crippen molar-refractivity contribution in [3.63, 3.8) is 0 Å². The molecule has 26 heavy (non-hydrogen) atoms. The molecule has 1 heterocycles. The smallest absolute Gasteiger partial charge is 0.433 e. The molecule has 0 bridgehead atoms. The van der Waals surface area contributed by atoms with Crippen LogP contribution >= 0.6 is 0 Å². The number of para-hydroxylation sites is 1. The topological polar surface area (TPSA) is 62.3 Å². The predicted molar refractivity (Wildman–Crippen MR) is 94.4 cm³/mol. The van der Waals surface area contributed by atoms with E-state index in [9.17, 15) is 13.2 Å². The largest absolute Gasteiger partial charge is 0.496 e. The number of benzene rings is 1. The Morgan fingerprint density at radius 3 is 2.50 bits per heavy atom. The maximum atomic E-state index is 13.1. The lowest BCUT2D eigenvalue weighted by Crippen LogP contribution is -2.22. The van der Waals surface area contributed by atoms with E-state index in [1.54, 1.807) is 6.07 Å². The van der Waals surface area contributed by atoms with Gasteiger partial charge >= 0.3 is 6.18 Å². The number of hydrogen-bond acceptors (Lipinski definition) is 6. The van der Waals surface area contributed by atoms with Gasteiger partial charge in [0.25, 0.3) is 0 Å². The summed E-state index contributed by atoms with van der Waals surface area (Å²) in [6.45, 7) is 1.35. The molecule has 0 aliphatic carbocycles. The van der Waals surface area contributed by atoms with Crippen LogP contribution in [0.25, 0.3) is 0 Å². The van der Waals surface area contributed by atoms with E-state index in [4.69, 9.17) is 4.74 Å². The number of likely N-dealkylation sites (N-methyl/N-ethyl adjacent to an activating group) is 1. The molecule has 9 heteroatoms. The Labute approximate surface area is 150 Å². The number of halogens is 3. The number of alkyl halides is 3. The lowest BCUT2D eigenvalue weighted by Gasteiger charge is -2.15. The van der Waals surface area contributed by atoms with Gasteiger partial charge in [0.1, 0.15) is 11.6 Å². The summed E-state index contributed by atoms with van der Waals surface area (Å²) in [6, 6.07) is 8.16. The van der Waals surface area contributed by atoms with Gasteiger partial charge in [0.05, 0.1) is 7.11 Å². The van der Waals surface area contributed by atoms with Gasteiger partial charge < -0.3 is 20.3 Å². The van der Waals surface area contributed by atoms with Crippen LogP contribution < -0.4 is 15.4 Å². The van der Waals surface area contributed by atoms with Crippen molar-refractivity contribution in [2.45, 2.75) is 12.7 Å². The van der Waals surface area contributed by atoms with E-state index in [-0.39, 0.29) is 18.3 Å². The number of ether oxygens (including phenoxy) is 1. The van der Waals surface area contributed by atoms with E-state index in [1.807, 2.05) is 37.2 Å². The van der Waals surface area contributed by atoms with Crippen molar-refractivity contribution in [1.29, 1.82) is 0 Å². The highest BCUT2D eigenvalue weighted by molar-refractivity contribution is 5.45. The molecule has 2 N–H and O–H groups in total. The number of nitrogens with zero attached hydrogens (tertiary/aromatic N) is 3. The van der Waals surface area contributed by atoms with Gasteiger partial charge in [-0.25, -0.2) is 4.98 Å². The standard InChI is InChI=1S/C17H22F3N5O/c1-25(2)9-8-21-16-23-14(17(18,19)20)10-15(24-16)22-11-12-6-4-5-7-13(12)26-3/h4-7,10H,8-9,11H2,1-3H3,(H2,21,22,23,24). The molecule has 0 aliphatic rings. The molecule has 2 aromatic rings. The molecule has 0 atom stereocenters. The molecule has 0 fully saturated rings. The van der Waals surface area contributed by atoms with Crippen LogP contribution in [-0.4, -0.2) is 49.2 Å². The highest BCUT2D eigenvalue weighted by Crippen LogP contribution is 2.30. The minimum atomic E-state index is -4.55. The first-order valence-corrected chi connectivity index (χ1v) is 8.00. The summed E-state index contributed by atoms with van der Waals surface area (Å²) in [5, 5.41) is 5.73. The fraction of sp³-hybridized carbons (Fsp3) is 0.412. The highest BCUT2D eigenvalue weighted by Gasteiger charge is 2.33. The van der Waals surface area contributed by atoms with Gasteiger partial charge in [-0.1, -0.05) is 18.2 Å². The quantitative estimate of drug-likeness (QED) is 0.746. The number of anilines is 2. The second kappa shape index (κ2) is 8.70. The fourth-order valence-electron chi connectivity index (χ4n) is 2.19. The first kappa shape index (κ1) is 19.8. The lowest BCUT2D eigenvalue weighted by molar-refractivity contribution is -0.141. The average molecular weight is 369 g/mol. The van der Waals surface area contributed by atoms with Gasteiger partial charge in [-0.3, -0.25) is 0 Å². The average Bonchev–Trinajstić information content (AvgIpc) is 2.59. The third kappa shape index (κ3) is 5.76.